The first-order valence-electron chi connectivity index (χ1n) is 17.2. The van der Waals surface area contributed by atoms with Gasteiger partial charge in [0.1, 0.15) is 15.7 Å². The number of carbonyl (C=O) groups is 2. The summed E-state index contributed by atoms with van der Waals surface area (Å²) < 4.78 is 33.6. The van der Waals surface area contributed by atoms with E-state index < -0.39 is 33.2 Å². The van der Waals surface area contributed by atoms with E-state index in [1.165, 1.54) is 11.1 Å². The minimum absolute atomic E-state index is 0.0150. The Morgan fingerprint density at radius 3 is 2.71 bits per heavy atom. The number of ether oxygens (including phenoxy) is 2. The molecule has 0 aromatic heterocycles. The largest absolute Gasteiger partial charge is 0.491 e. The van der Waals surface area contributed by atoms with Gasteiger partial charge in [-0.2, -0.15) is 0 Å². The molecule has 0 saturated heterocycles. The Kier molecular flexibility index (Phi) is 10.6. The fourth-order valence-corrected chi connectivity index (χ4v) is 9.76. The molecule has 2 bridgehead atoms. The van der Waals surface area contributed by atoms with Gasteiger partial charge in [0.2, 0.25) is 5.91 Å². The molecule has 11 heteroatoms. The van der Waals surface area contributed by atoms with Gasteiger partial charge in [0.05, 0.1) is 29.8 Å². The number of halogens is 1. The lowest BCUT2D eigenvalue weighted by molar-refractivity contribution is -0.137. The number of allylic oxidation sites excluding steroid dienone is 1. The molecule has 5 atom stereocenters. The van der Waals surface area contributed by atoms with Crippen LogP contribution in [0.3, 0.4) is 0 Å². The molecule has 260 valence electrons. The highest BCUT2D eigenvalue weighted by Gasteiger charge is 2.43. The second kappa shape index (κ2) is 14.5. The average Bonchev–Trinajstić information content (AvgIpc) is 3.03. The third kappa shape index (κ3) is 8.09. The van der Waals surface area contributed by atoms with E-state index in [1.807, 2.05) is 19.1 Å². The number of aryl methyl sites for hydroxylation is 1. The molecule has 2 fully saturated rings. The molecule has 2 aromatic carbocycles. The molecule has 6 rings (SSSR count). The molecule has 2 aliphatic carbocycles. The molecular formula is C37H48ClN3O6S. The predicted octanol–water partition coefficient (Wildman–Crippen LogP) is 6.50. The molecule has 2 heterocycles. The molecule has 2 amide bonds. The lowest BCUT2D eigenvalue weighted by Crippen LogP contribution is -2.50. The van der Waals surface area contributed by atoms with Gasteiger partial charge in [0, 0.05) is 36.7 Å². The minimum atomic E-state index is -3.49. The first kappa shape index (κ1) is 34.9. The van der Waals surface area contributed by atoms with E-state index in [4.69, 9.17) is 21.1 Å². The first-order valence-corrected chi connectivity index (χ1v) is 19.3. The Bertz CT molecular complexity index is 1680. The number of hydrogen-bond acceptors (Lipinski definition) is 7. The van der Waals surface area contributed by atoms with Crippen LogP contribution in [0, 0.1) is 23.7 Å². The van der Waals surface area contributed by atoms with Crippen molar-refractivity contribution in [3.8, 4) is 5.75 Å². The van der Waals surface area contributed by atoms with Gasteiger partial charge in [-0.05, 0) is 118 Å². The van der Waals surface area contributed by atoms with Gasteiger partial charge in [-0.25, -0.2) is 4.21 Å². The van der Waals surface area contributed by atoms with Crippen molar-refractivity contribution in [2.45, 2.75) is 83.5 Å². The van der Waals surface area contributed by atoms with Gasteiger partial charge >= 0.3 is 0 Å². The van der Waals surface area contributed by atoms with Crippen LogP contribution in [-0.2, 0) is 32.4 Å². The highest BCUT2D eigenvalue weighted by atomic mass is 35.5. The number of nitrogens with zero attached hydrogens (tertiary/aromatic N) is 2. The number of carbonyl (C=O) groups excluding carboxylic acids is 2. The van der Waals surface area contributed by atoms with Gasteiger partial charge in [0.15, 0.2) is 0 Å². The van der Waals surface area contributed by atoms with Crippen LogP contribution in [0.15, 0.2) is 52.9 Å². The van der Waals surface area contributed by atoms with E-state index >= 15 is 0 Å². The number of nitrogens with one attached hydrogen (secondary N) is 1. The van der Waals surface area contributed by atoms with Gasteiger partial charge < -0.3 is 19.5 Å². The van der Waals surface area contributed by atoms with Crippen molar-refractivity contribution in [3.63, 3.8) is 0 Å². The number of amides is 2. The van der Waals surface area contributed by atoms with Crippen LogP contribution >= 0.6 is 11.6 Å². The third-order valence-electron chi connectivity index (χ3n) is 10.4. The Morgan fingerprint density at radius 1 is 1.17 bits per heavy atom. The molecule has 2 aliphatic heterocycles. The number of anilines is 1. The number of hydrogen-bond donors (Lipinski definition) is 2. The van der Waals surface area contributed by atoms with E-state index in [9.17, 15) is 18.9 Å². The summed E-state index contributed by atoms with van der Waals surface area (Å²) in [5.74, 6) is -0.327. The number of methoxy groups -OCH3 is 1. The summed E-state index contributed by atoms with van der Waals surface area (Å²) in [6, 6.07) is 11.4. The summed E-state index contributed by atoms with van der Waals surface area (Å²) >= 11 is 6.45. The lowest BCUT2D eigenvalue weighted by Gasteiger charge is -2.43. The van der Waals surface area contributed by atoms with E-state index in [-0.39, 0.29) is 36.2 Å². The summed E-state index contributed by atoms with van der Waals surface area (Å²) in [6.07, 6.45) is 10.1. The van der Waals surface area contributed by atoms with E-state index in [1.54, 1.807) is 26.2 Å². The van der Waals surface area contributed by atoms with Crippen molar-refractivity contribution in [1.29, 1.82) is 0 Å². The topological polar surface area (TPSA) is 118 Å². The van der Waals surface area contributed by atoms with E-state index in [0.717, 1.165) is 44.3 Å². The van der Waals surface area contributed by atoms with E-state index in [2.05, 4.69) is 38.3 Å². The number of rotatable bonds is 3. The van der Waals surface area contributed by atoms with Crippen LogP contribution in [0.4, 0.5) is 5.69 Å². The Balaban J connectivity index is 1.43. The highest BCUT2D eigenvalue weighted by Crippen LogP contribution is 2.42. The molecule has 9 nitrogen and oxygen atoms in total. The van der Waals surface area contributed by atoms with Crippen LogP contribution in [-0.4, -0.2) is 58.8 Å². The molecule has 4 aliphatic rings. The summed E-state index contributed by atoms with van der Waals surface area (Å²) in [6.45, 7) is 5.49. The molecule has 2 aromatic rings. The van der Waals surface area contributed by atoms with Crippen molar-refractivity contribution in [2.75, 3.05) is 30.9 Å². The smallest absolute Gasteiger partial charge is 0.286 e. The molecule has 1 unspecified atom stereocenters. The molecule has 0 radical (unpaired) electrons. The SMILES string of the molecule is CO[C@H]1/C=C/C[C@H](C)CS(=O)(NC(=O)[C@H]2C[C@@](C)(O)C2)=NC(=O)c2ccc3c(c2)N(Cc2ccc(Cl)cc2CCCCO3)C[C@@H]2CC[C@H]21. The van der Waals surface area contributed by atoms with Gasteiger partial charge in [-0.3, -0.25) is 14.3 Å². The van der Waals surface area contributed by atoms with Crippen molar-refractivity contribution in [3.05, 3.63) is 70.3 Å². The van der Waals surface area contributed by atoms with Crippen molar-refractivity contribution >= 4 is 39.0 Å². The van der Waals surface area contributed by atoms with Crippen molar-refractivity contribution in [1.82, 2.24) is 4.72 Å². The zero-order chi connectivity index (χ0) is 34.1. The average molecular weight is 698 g/mol. The second-order valence-corrected chi connectivity index (χ2v) is 17.0. The fourth-order valence-electron chi connectivity index (χ4n) is 7.60. The Labute approximate surface area is 289 Å². The molecule has 2 saturated carbocycles. The van der Waals surface area contributed by atoms with Crippen LogP contribution in [0.1, 0.15) is 80.3 Å². The monoisotopic (exact) mass is 697 g/mol. The standard InChI is InChI=1S/C37H48ClN3O6S/c1-24-7-6-9-33(46-3)31-14-11-28(31)22-41-21-27-10-13-30(38)17-25(27)8-4-5-16-47-34-15-12-26(18-32(34)41)35(42)39-48(45,23-24)40-36(43)29-19-37(2,44)20-29/h6,9-10,12-13,15,17-18,24,28-29,31,33,44H,4-5,7-8,11,14,16,19-23H2,1-3H3,(H,39,40,42,43,45)/b9-6+/t24-,28-,29-,31+,33-,37+,48?/m0/s1. The Hall–Kier alpha value is -2.92. The third-order valence-corrected chi connectivity index (χ3v) is 12.6. The maximum Gasteiger partial charge on any atom is 0.286 e. The van der Waals surface area contributed by atoms with Crippen LogP contribution < -0.4 is 14.4 Å². The second-order valence-electron chi connectivity index (χ2n) is 14.5. The Morgan fingerprint density at radius 2 is 1.98 bits per heavy atom. The summed E-state index contributed by atoms with van der Waals surface area (Å²) in [4.78, 5) is 29.4. The number of fused-ring (bicyclic) bond motifs is 3. The van der Waals surface area contributed by atoms with Crippen molar-refractivity contribution in [2.24, 2.45) is 28.0 Å². The normalized spacial score (nSPS) is 33.2. The highest BCUT2D eigenvalue weighted by molar-refractivity contribution is 7.92. The molecule has 0 spiro atoms. The van der Waals surface area contributed by atoms with Crippen LogP contribution in [0.5, 0.6) is 5.75 Å². The summed E-state index contributed by atoms with van der Waals surface area (Å²) in [7, 11) is -1.74. The molecule has 2 N–H and O–H groups in total. The number of benzene rings is 2. The minimum Gasteiger partial charge on any atom is -0.491 e. The van der Waals surface area contributed by atoms with Crippen LogP contribution in [0.25, 0.3) is 0 Å². The lowest BCUT2D eigenvalue weighted by atomic mass is 9.70. The zero-order valence-electron chi connectivity index (χ0n) is 28.2. The summed E-state index contributed by atoms with van der Waals surface area (Å²) in [5.41, 5.74) is 2.52. The summed E-state index contributed by atoms with van der Waals surface area (Å²) in [5, 5.41) is 10.9. The van der Waals surface area contributed by atoms with Crippen molar-refractivity contribution < 1.29 is 28.4 Å². The zero-order valence-corrected chi connectivity index (χ0v) is 29.7. The van der Waals surface area contributed by atoms with E-state index in [0.29, 0.717) is 42.2 Å². The maximum absolute atomic E-state index is 14.4. The predicted molar refractivity (Wildman–Crippen MR) is 189 cm³/mol. The molecular weight excluding hydrogens is 650 g/mol. The van der Waals surface area contributed by atoms with Gasteiger partial charge in [-0.15, -0.1) is 4.36 Å². The van der Waals surface area contributed by atoms with Crippen LogP contribution in [0.2, 0.25) is 5.02 Å². The fraction of sp³-hybridized carbons (Fsp3) is 0.568. The molecule has 48 heavy (non-hydrogen) atoms. The van der Waals surface area contributed by atoms with Gasteiger partial charge in [0.25, 0.3) is 5.91 Å². The first-order chi connectivity index (χ1) is 22.9. The number of aliphatic hydroxyl groups is 1. The maximum atomic E-state index is 14.4. The van der Waals surface area contributed by atoms with Gasteiger partial charge in [-0.1, -0.05) is 36.7 Å². The quantitative estimate of drug-likeness (QED) is 0.352.